The van der Waals surface area contributed by atoms with E-state index >= 15 is 0 Å². The van der Waals surface area contributed by atoms with Crippen LogP contribution < -0.4 is 0 Å². The van der Waals surface area contributed by atoms with Gasteiger partial charge in [-0.1, -0.05) is 5.11 Å². The molecule has 1 fully saturated rings. The highest BCUT2D eigenvalue weighted by atomic mass is 16.6. The van der Waals surface area contributed by atoms with E-state index in [-0.39, 0.29) is 12.7 Å². The predicted octanol–water partition coefficient (Wildman–Crippen LogP) is 1.34. The summed E-state index contributed by atoms with van der Waals surface area (Å²) < 4.78 is 15.6. The second-order valence-corrected chi connectivity index (χ2v) is 4.34. The molecule has 1 heterocycles. The maximum Gasteiger partial charge on any atom is 0.302 e. The lowest BCUT2D eigenvalue weighted by atomic mass is 9.97. The Morgan fingerprint density at radius 2 is 2.11 bits per heavy atom. The number of ether oxygens (including phenoxy) is 3. The fourth-order valence-electron chi connectivity index (χ4n) is 2.02. The molecule has 0 amide bonds. The molecule has 0 aromatic heterocycles. The quantitative estimate of drug-likeness (QED) is 0.331. The highest BCUT2D eigenvalue weighted by Crippen LogP contribution is 2.25. The molecule has 1 aliphatic rings. The van der Waals surface area contributed by atoms with Crippen LogP contribution in [0.1, 0.15) is 27.2 Å². The number of nitrogens with zero attached hydrogens (tertiary/aromatic N) is 3. The van der Waals surface area contributed by atoms with Crippen LogP contribution in [0, 0.1) is 0 Å². The fourth-order valence-corrected chi connectivity index (χ4v) is 2.02. The number of carbonyl (C=O) groups excluding carboxylic acids is 2. The topological polar surface area (TPSA) is 111 Å². The third-order valence-corrected chi connectivity index (χ3v) is 2.74. The van der Waals surface area contributed by atoms with Crippen LogP contribution in [0.5, 0.6) is 0 Å². The number of esters is 2. The van der Waals surface area contributed by atoms with Crippen LogP contribution >= 0.6 is 0 Å². The lowest BCUT2D eigenvalue weighted by Crippen LogP contribution is -2.48. The molecule has 1 aliphatic heterocycles. The summed E-state index contributed by atoms with van der Waals surface area (Å²) in [6, 6.07) is -0.581. The minimum atomic E-state index is -0.581. The number of hydrogen-bond acceptors (Lipinski definition) is 6. The third-order valence-electron chi connectivity index (χ3n) is 2.74. The Morgan fingerprint density at radius 3 is 2.63 bits per heavy atom. The summed E-state index contributed by atoms with van der Waals surface area (Å²) in [5.74, 6) is -0.860. The van der Waals surface area contributed by atoms with Gasteiger partial charge >= 0.3 is 11.9 Å². The molecule has 1 rings (SSSR count). The Bertz CT molecular complexity index is 394. The van der Waals surface area contributed by atoms with Gasteiger partial charge in [0, 0.05) is 25.2 Å². The van der Waals surface area contributed by atoms with Gasteiger partial charge in [-0.2, -0.15) is 0 Å². The van der Waals surface area contributed by atoms with Crippen molar-refractivity contribution in [1.82, 2.24) is 0 Å². The van der Waals surface area contributed by atoms with E-state index < -0.39 is 30.2 Å². The van der Waals surface area contributed by atoms with Gasteiger partial charge in [-0.15, -0.1) is 0 Å². The molecule has 106 valence electrons. The highest BCUT2D eigenvalue weighted by Gasteiger charge is 2.38. The summed E-state index contributed by atoms with van der Waals surface area (Å²) >= 11 is 0. The standard InChI is InChI=1S/C11H17N3O5/c1-6-11(13-14-12)10(19-8(3)16)4-9(18-6)5-17-7(2)15/h6,9-11H,4-5H2,1-3H3. The first-order valence-electron chi connectivity index (χ1n) is 5.94. The van der Waals surface area contributed by atoms with Gasteiger partial charge < -0.3 is 14.2 Å². The average molecular weight is 271 g/mol. The lowest BCUT2D eigenvalue weighted by molar-refractivity contribution is -0.170. The van der Waals surface area contributed by atoms with Crippen LogP contribution in [0.2, 0.25) is 0 Å². The van der Waals surface area contributed by atoms with Gasteiger partial charge in [0.15, 0.2) is 0 Å². The van der Waals surface area contributed by atoms with Crippen molar-refractivity contribution in [2.75, 3.05) is 6.61 Å². The Labute approximate surface area is 110 Å². The second kappa shape index (κ2) is 6.96. The predicted molar refractivity (Wildman–Crippen MR) is 64.1 cm³/mol. The zero-order valence-corrected chi connectivity index (χ0v) is 11.1. The molecule has 0 spiro atoms. The largest absolute Gasteiger partial charge is 0.463 e. The Balaban J connectivity index is 2.71. The lowest BCUT2D eigenvalue weighted by Gasteiger charge is -2.37. The minimum Gasteiger partial charge on any atom is -0.463 e. The highest BCUT2D eigenvalue weighted by molar-refractivity contribution is 5.66. The van der Waals surface area contributed by atoms with E-state index in [0.29, 0.717) is 6.42 Å². The van der Waals surface area contributed by atoms with Crippen LogP contribution in [-0.2, 0) is 23.8 Å². The Hall–Kier alpha value is -1.79. The Morgan fingerprint density at radius 1 is 1.42 bits per heavy atom. The van der Waals surface area contributed by atoms with Gasteiger partial charge in [0.25, 0.3) is 0 Å². The van der Waals surface area contributed by atoms with Crippen molar-refractivity contribution in [3.05, 3.63) is 10.4 Å². The average Bonchev–Trinajstić information content (AvgIpc) is 2.30. The second-order valence-electron chi connectivity index (χ2n) is 4.34. The molecular formula is C11H17N3O5. The van der Waals surface area contributed by atoms with Crippen LogP contribution in [-0.4, -0.2) is 42.9 Å². The zero-order chi connectivity index (χ0) is 14.4. The summed E-state index contributed by atoms with van der Waals surface area (Å²) in [7, 11) is 0. The van der Waals surface area contributed by atoms with E-state index in [1.54, 1.807) is 6.92 Å². The normalized spacial score (nSPS) is 30.1. The molecule has 0 saturated carbocycles. The first-order chi connectivity index (χ1) is 8.93. The maximum absolute atomic E-state index is 11.1. The smallest absolute Gasteiger partial charge is 0.302 e. The van der Waals surface area contributed by atoms with Gasteiger partial charge in [-0.25, -0.2) is 0 Å². The molecule has 4 unspecified atom stereocenters. The van der Waals surface area contributed by atoms with Crippen LogP contribution in [0.4, 0.5) is 0 Å². The van der Waals surface area contributed by atoms with Crippen LogP contribution in [0.25, 0.3) is 10.4 Å². The molecule has 8 heteroatoms. The van der Waals surface area contributed by atoms with E-state index in [1.807, 2.05) is 0 Å². The van der Waals surface area contributed by atoms with Crippen molar-refractivity contribution >= 4 is 11.9 Å². The number of azide groups is 1. The van der Waals surface area contributed by atoms with Crippen molar-refractivity contribution in [3.8, 4) is 0 Å². The van der Waals surface area contributed by atoms with Gasteiger partial charge in [-0.3, -0.25) is 9.59 Å². The van der Waals surface area contributed by atoms with Crippen LogP contribution in [0.15, 0.2) is 5.11 Å². The van der Waals surface area contributed by atoms with Gasteiger partial charge in [0.1, 0.15) is 18.8 Å². The number of rotatable bonds is 4. The van der Waals surface area contributed by atoms with Crippen LogP contribution in [0.3, 0.4) is 0 Å². The molecular weight excluding hydrogens is 254 g/mol. The molecule has 1 saturated heterocycles. The number of carbonyl (C=O) groups is 2. The van der Waals surface area contributed by atoms with E-state index in [9.17, 15) is 9.59 Å². The van der Waals surface area contributed by atoms with Gasteiger partial charge in [0.2, 0.25) is 0 Å². The third kappa shape index (κ3) is 4.76. The summed E-state index contributed by atoms with van der Waals surface area (Å²) in [6.07, 6.45) is -1.05. The van der Waals surface area contributed by atoms with Crippen molar-refractivity contribution in [1.29, 1.82) is 0 Å². The molecule has 8 nitrogen and oxygen atoms in total. The fraction of sp³-hybridized carbons (Fsp3) is 0.818. The molecule has 0 aliphatic carbocycles. The van der Waals surface area contributed by atoms with Gasteiger partial charge in [-0.05, 0) is 12.5 Å². The minimum absolute atomic E-state index is 0.0838. The maximum atomic E-state index is 11.1. The SMILES string of the molecule is CC(=O)OCC1CC(OC(C)=O)C(N=[N+]=[N-])C(C)O1. The van der Waals surface area contributed by atoms with E-state index in [1.165, 1.54) is 13.8 Å². The molecule has 0 aromatic rings. The molecule has 4 atom stereocenters. The molecule has 0 aromatic carbocycles. The molecule has 19 heavy (non-hydrogen) atoms. The Kier molecular flexibility index (Phi) is 5.59. The van der Waals surface area contributed by atoms with E-state index in [4.69, 9.17) is 19.7 Å². The van der Waals surface area contributed by atoms with Gasteiger partial charge in [0.05, 0.1) is 12.2 Å². The first kappa shape index (κ1) is 15.3. The van der Waals surface area contributed by atoms with Crippen molar-refractivity contribution < 1.29 is 23.8 Å². The molecule has 0 radical (unpaired) electrons. The van der Waals surface area contributed by atoms with E-state index in [2.05, 4.69) is 10.0 Å². The monoisotopic (exact) mass is 271 g/mol. The molecule has 0 bridgehead atoms. The summed E-state index contributed by atoms with van der Waals surface area (Å²) in [6.45, 7) is 4.39. The number of hydrogen-bond donors (Lipinski definition) is 0. The van der Waals surface area contributed by atoms with Crippen molar-refractivity contribution in [2.45, 2.75) is 51.5 Å². The zero-order valence-electron chi connectivity index (χ0n) is 11.1. The molecule has 0 N–H and O–H groups in total. The summed E-state index contributed by atoms with van der Waals surface area (Å²) in [4.78, 5) is 24.6. The summed E-state index contributed by atoms with van der Waals surface area (Å²) in [5, 5.41) is 3.60. The first-order valence-corrected chi connectivity index (χ1v) is 5.94. The van der Waals surface area contributed by atoms with Crippen molar-refractivity contribution in [3.63, 3.8) is 0 Å². The van der Waals surface area contributed by atoms with Crippen molar-refractivity contribution in [2.24, 2.45) is 5.11 Å². The summed E-state index contributed by atoms with van der Waals surface area (Å²) in [5.41, 5.74) is 8.52. The van der Waals surface area contributed by atoms with E-state index in [0.717, 1.165) is 0 Å².